The summed E-state index contributed by atoms with van der Waals surface area (Å²) in [5, 5.41) is 0. The molecule has 0 aliphatic carbocycles. The molecule has 1 aliphatic heterocycles. The second-order valence-corrected chi connectivity index (χ2v) is 8.18. The van der Waals surface area contributed by atoms with Gasteiger partial charge in [0.15, 0.2) is 0 Å². The molecular formula is C16H25NO2S. The fraction of sp³-hybridized carbons (Fsp3) is 0.625. The van der Waals surface area contributed by atoms with Crippen LogP contribution in [0.1, 0.15) is 52.0 Å². The molecule has 1 aromatic carbocycles. The van der Waals surface area contributed by atoms with Crippen LogP contribution >= 0.6 is 0 Å². The predicted molar refractivity (Wildman–Crippen MR) is 82.3 cm³/mol. The Labute approximate surface area is 123 Å². The van der Waals surface area contributed by atoms with Crippen LogP contribution in [0.25, 0.3) is 0 Å². The van der Waals surface area contributed by atoms with Gasteiger partial charge in [0.25, 0.3) is 0 Å². The van der Waals surface area contributed by atoms with Gasteiger partial charge >= 0.3 is 0 Å². The Bertz CT molecular complexity index is 546. The highest BCUT2D eigenvalue weighted by molar-refractivity contribution is 7.89. The molecule has 1 unspecified atom stereocenters. The first-order chi connectivity index (χ1) is 9.34. The number of rotatable bonds is 4. The van der Waals surface area contributed by atoms with E-state index in [9.17, 15) is 8.42 Å². The van der Waals surface area contributed by atoms with Crippen LogP contribution in [0.5, 0.6) is 0 Å². The number of hydrogen-bond acceptors (Lipinski definition) is 2. The normalized spacial score (nSPS) is 21.0. The lowest BCUT2D eigenvalue weighted by molar-refractivity contribution is 0.316. The maximum atomic E-state index is 12.8. The molecule has 0 spiro atoms. The first-order valence-electron chi connectivity index (χ1n) is 7.46. The van der Waals surface area contributed by atoms with Crippen LogP contribution in [0.4, 0.5) is 0 Å². The van der Waals surface area contributed by atoms with Crippen molar-refractivity contribution in [1.82, 2.24) is 4.31 Å². The van der Waals surface area contributed by atoms with Crippen LogP contribution in [0, 0.1) is 5.92 Å². The van der Waals surface area contributed by atoms with Gasteiger partial charge in [-0.3, -0.25) is 0 Å². The molecule has 0 radical (unpaired) electrons. The molecule has 112 valence electrons. The Kier molecular flexibility index (Phi) is 4.55. The first-order valence-corrected chi connectivity index (χ1v) is 8.90. The van der Waals surface area contributed by atoms with Crippen molar-refractivity contribution in [2.24, 2.45) is 5.92 Å². The number of sulfonamides is 1. The molecule has 1 fully saturated rings. The summed E-state index contributed by atoms with van der Waals surface area (Å²) >= 11 is 0. The fourth-order valence-electron chi connectivity index (χ4n) is 2.89. The smallest absolute Gasteiger partial charge is 0.207 e. The Morgan fingerprint density at radius 1 is 1.10 bits per heavy atom. The molecule has 1 aliphatic rings. The summed E-state index contributed by atoms with van der Waals surface area (Å²) in [6.45, 7) is 9.06. The zero-order chi connectivity index (χ0) is 14.9. The summed E-state index contributed by atoms with van der Waals surface area (Å²) in [7, 11) is -3.34. The fourth-order valence-corrected chi connectivity index (χ4v) is 4.72. The van der Waals surface area contributed by atoms with E-state index in [-0.39, 0.29) is 6.04 Å². The van der Waals surface area contributed by atoms with E-state index in [0.29, 0.717) is 23.3 Å². The standard InChI is InChI=1S/C16H25NO2S/c1-12(2)14-7-9-15(10-8-14)20(18,19)17-11-5-6-16(17)13(3)4/h7-10,12-13,16H,5-6,11H2,1-4H3. The van der Waals surface area contributed by atoms with Crippen molar-refractivity contribution in [1.29, 1.82) is 0 Å². The highest BCUT2D eigenvalue weighted by Gasteiger charge is 2.36. The number of benzene rings is 1. The van der Waals surface area contributed by atoms with Crippen LogP contribution in [0.15, 0.2) is 29.2 Å². The third-order valence-corrected chi connectivity index (χ3v) is 6.11. The van der Waals surface area contributed by atoms with E-state index in [4.69, 9.17) is 0 Å². The average molecular weight is 295 g/mol. The lowest BCUT2D eigenvalue weighted by atomic mass is 10.0. The van der Waals surface area contributed by atoms with E-state index in [0.717, 1.165) is 12.8 Å². The molecule has 0 amide bonds. The monoisotopic (exact) mass is 295 g/mol. The van der Waals surface area contributed by atoms with Crippen LogP contribution in [-0.2, 0) is 10.0 Å². The summed E-state index contributed by atoms with van der Waals surface area (Å²) in [6.07, 6.45) is 1.94. The van der Waals surface area contributed by atoms with Gasteiger partial charge in [-0.05, 0) is 42.4 Å². The Morgan fingerprint density at radius 2 is 1.70 bits per heavy atom. The van der Waals surface area contributed by atoms with E-state index in [1.165, 1.54) is 5.56 Å². The minimum absolute atomic E-state index is 0.143. The number of nitrogens with zero attached hydrogens (tertiary/aromatic N) is 1. The van der Waals surface area contributed by atoms with Crippen molar-refractivity contribution in [3.63, 3.8) is 0 Å². The van der Waals surface area contributed by atoms with Crippen molar-refractivity contribution in [3.05, 3.63) is 29.8 Å². The molecule has 0 N–H and O–H groups in total. The van der Waals surface area contributed by atoms with Crippen molar-refractivity contribution in [2.45, 2.75) is 57.4 Å². The molecular weight excluding hydrogens is 270 g/mol. The lowest BCUT2D eigenvalue weighted by Gasteiger charge is -2.27. The van der Waals surface area contributed by atoms with Gasteiger partial charge in [-0.15, -0.1) is 0 Å². The molecule has 20 heavy (non-hydrogen) atoms. The third kappa shape index (κ3) is 2.91. The van der Waals surface area contributed by atoms with Gasteiger partial charge < -0.3 is 0 Å². The molecule has 3 nitrogen and oxygen atoms in total. The van der Waals surface area contributed by atoms with Crippen molar-refractivity contribution >= 4 is 10.0 Å². The lowest BCUT2D eigenvalue weighted by Crippen LogP contribution is -2.38. The summed E-state index contributed by atoms with van der Waals surface area (Å²) < 4.78 is 27.2. The minimum Gasteiger partial charge on any atom is -0.207 e. The molecule has 1 saturated heterocycles. The van der Waals surface area contributed by atoms with Gasteiger partial charge in [0.05, 0.1) is 4.90 Å². The summed E-state index contributed by atoms with van der Waals surface area (Å²) in [4.78, 5) is 0.425. The van der Waals surface area contributed by atoms with Crippen molar-refractivity contribution < 1.29 is 8.42 Å². The third-order valence-electron chi connectivity index (χ3n) is 4.17. The Hall–Kier alpha value is -0.870. The molecule has 0 saturated carbocycles. The second-order valence-electron chi connectivity index (χ2n) is 6.29. The quantitative estimate of drug-likeness (QED) is 0.851. The van der Waals surface area contributed by atoms with E-state index in [1.807, 2.05) is 12.1 Å². The molecule has 1 heterocycles. The van der Waals surface area contributed by atoms with Gasteiger partial charge in [-0.1, -0.05) is 39.8 Å². The van der Waals surface area contributed by atoms with E-state index in [1.54, 1.807) is 16.4 Å². The van der Waals surface area contributed by atoms with Crippen molar-refractivity contribution in [2.75, 3.05) is 6.54 Å². The average Bonchev–Trinajstić information content (AvgIpc) is 2.89. The predicted octanol–water partition coefficient (Wildman–Crippen LogP) is 3.62. The SMILES string of the molecule is CC(C)c1ccc(S(=O)(=O)N2CCCC2C(C)C)cc1. The maximum absolute atomic E-state index is 12.8. The summed E-state index contributed by atoms with van der Waals surface area (Å²) in [6, 6.07) is 7.50. The zero-order valence-electron chi connectivity index (χ0n) is 12.8. The van der Waals surface area contributed by atoms with Crippen LogP contribution in [0.3, 0.4) is 0 Å². The maximum Gasteiger partial charge on any atom is 0.243 e. The van der Waals surface area contributed by atoms with E-state index >= 15 is 0 Å². The van der Waals surface area contributed by atoms with Gasteiger partial charge in [0.1, 0.15) is 0 Å². The molecule has 1 aromatic rings. The Balaban J connectivity index is 2.30. The minimum atomic E-state index is -3.34. The molecule has 4 heteroatoms. The van der Waals surface area contributed by atoms with Gasteiger partial charge in [0, 0.05) is 12.6 Å². The molecule has 2 rings (SSSR count). The van der Waals surface area contributed by atoms with Gasteiger partial charge in [-0.25, -0.2) is 8.42 Å². The highest BCUT2D eigenvalue weighted by Crippen LogP contribution is 2.30. The largest absolute Gasteiger partial charge is 0.243 e. The van der Waals surface area contributed by atoms with Gasteiger partial charge in [0.2, 0.25) is 10.0 Å². The Morgan fingerprint density at radius 3 is 2.20 bits per heavy atom. The van der Waals surface area contributed by atoms with Crippen LogP contribution in [-0.4, -0.2) is 25.3 Å². The first kappa shape index (κ1) is 15.5. The number of hydrogen-bond donors (Lipinski definition) is 0. The summed E-state index contributed by atoms with van der Waals surface area (Å²) in [5.74, 6) is 0.782. The molecule has 0 bridgehead atoms. The zero-order valence-corrected chi connectivity index (χ0v) is 13.7. The molecule has 1 atom stereocenters. The van der Waals surface area contributed by atoms with Crippen LogP contribution in [0.2, 0.25) is 0 Å². The van der Waals surface area contributed by atoms with Gasteiger partial charge in [-0.2, -0.15) is 4.31 Å². The molecule has 0 aromatic heterocycles. The topological polar surface area (TPSA) is 37.4 Å². The highest BCUT2D eigenvalue weighted by atomic mass is 32.2. The van der Waals surface area contributed by atoms with Crippen LogP contribution < -0.4 is 0 Å². The van der Waals surface area contributed by atoms with Crippen molar-refractivity contribution in [3.8, 4) is 0 Å². The van der Waals surface area contributed by atoms with E-state index in [2.05, 4.69) is 27.7 Å². The second kappa shape index (κ2) is 5.86. The summed E-state index contributed by atoms with van der Waals surface area (Å²) in [5.41, 5.74) is 1.17. The van der Waals surface area contributed by atoms with E-state index < -0.39 is 10.0 Å².